The van der Waals surface area contributed by atoms with Gasteiger partial charge in [-0.2, -0.15) is 5.10 Å². The van der Waals surface area contributed by atoms with Gasteiger partial charge in [0, 0.05) is 19.6 Å². The van der Waals surface area contributed by atoms with Crippen molar-refractivity contribution in [2.45, 2.75) is 64.2 Å². The van der Waals surface area contributed by atoms with Gasteiger partial charge in [0.15, 0.2) is 0 Å². The first-order chi connectivity index (χ1) is 10.5. The standard InChI is InChI=1S/C16H28N4O2/c1-13-17-14(2)20(18-13)11-15-10-19(8-9-22-15)12-16(21)6-4-3-5-7-16/h15,21H,3-12H2,1-2H3/t15-/m0/s1. The Morgan fingerprint density at radius 2 is 2.05 bits per heavy atom. The predicted molar refractivity (Wildman–Crippen MR) is 83.7 cm³/mol. The first-order valence-electron chi connectivity index (χ1n) is 8.48. The summed E-state index contributed by atoms with van der Waals surface area (Å²) < 4.78 is 7.82. The molecule has 0 amide bonds. The van der Waals surface area contributed by atoms with Crippen LogP contribution in [0.4, 0.5) is 0 Å². The molecule has 1 aliphatic carbocycles. The van der Waals surface area contributed by atoms with Crippen molar-refractivity contribution in [3.05, 3.63) is 11.6 Å². The number of aromatic nitrogens is 3. The monoisotopic (exact) mass is 308 g/mol. The number of hydrogen-bond acceptors (Lipinski definition) is 5. The Labute approximate surface area is 132 Å². The highest BCUT2D eigenvalue weighted by Gasteiger charge is 2.33. The van der Waals surface area contributed by atoms with E-state index in [4.69, 9.17) is 4.74 Å². The average Bonchev–Trinajstić information content (AvgIpc) is 2.77. The second kappa shape index (κ2) is 6.64. The van der Waals surface area contributed by atoms with Gasteiger partial charge in [-0.05, 0) is 26.7 Å². The minimum atomic E-state index is -0.486. The lowest BCUT2D eigenvalue weighted by atomic mass is 9.84. The van der Waals surface area contributed by atoms with E-state index in [1.807, 2.05) is 18.5 Å². The van der Waals surface area contributed by atoms with Gasteiger partial charge in [-0.1, -0.05) is 19.3 Å². The number of nitrogens with zero attached hydrogens (tertiary/aromatic N) is 4. The highest BCUT2D eigenvalue weighted by atomic mass is 16.5. The van der Waals surface area contributed by atoms with Crippen LogP contribution >= 0.6 is 0 Å². The van der Waals surface area contributed by atoms with Gasteiger partial charge in [0.2, 0.25) is 0 Å². The van der Waals surface area contributed by atoms with E-state index in [1.54, 1.807) is 0 Å². The molecular formula is C16H28N4O2. The molecule has 3 rings (SSSR count). The van der Waals surface area contributed by atoms with Crippen molar-refractivity contribution in [2.75, 3.05) is 26.2 Å². The Morgan fingerprint density at radius 1 is 1.27 bits per heavy atom. The number of morpholine rings is 1. The lowest BCUT2D eigenvalue weighted by Gasteiger charge is -2.40. The second-order valence-electron chi connectivity index (χ2n) is 6.90. The molecule has 1 atom stereocenters. The molecule has 2 fully saturated rings. The van der Waals surface area contributed by atoms with E-state index < -0.39 is 5.60 Å². The quantitative estimate of drug-likeness (QED) is 0.908. The van der Waals surface area contributed by atoms with Crippen LogP contribution in [0.5, 0.6) is 0 Å². The van der Waals surface area contributed by atoms with Crippen LogP contribution in [-0.2, 0) is 11.3 Å². The molecule has 1 N–H and O–H groups in total. The largest absolute Gasteiger partial charge is 0.389 e. The minimum absolute atomic E-state index is 0.126. The number of rotatable bonds is 4. The van der Waals surface area contributed by atoms with Gasteiger partial charge in [0.05, 0.1) is 24.9 Å². The number of aliphatic hydroxyl groups is 1. The van der Waals surface area contributed by atoms with Gasteiger partial charge in [0.25, 0.3) is 0 Å². The van der Waals surface area contributed by atoms with Gasteiger partial charge >= 0.3 is 0 Å². The van der Waals surface area contributed by atoms with Gasteiger partial charge in [-0.25, -0.2) is 9.67 Å². The Bertz CT molecular complexity index is 496. The highest BCUT2D eigenvalue weighted by molar-refractivity contribution is 4.90. The normalized spacial score (nSPS) is 26.2. The predicted octanol–water partition coefficient (Wildman–Crippen LogP) is 1.29. The van der Waals surface area contributed by atoms with E-state index in [2.05, 4.69) is 15.0 Å². The minimum Gasteiger partial charge on any atom is -0.389 e. The highest BCUT2D eigenvalue weighted by Crippen LogP contribution is 2.29. The van der Waals surface area contributed by atoms with Gasteiger partial charge in [-0.15, -0.1) is 0 Å². The zero-order valence-electron chi connectivity index (χ0n) is 13.8. The first-order valence-corrected chi connectivity index (χ1v) is 8.48. The Kier molecular flexibility index (Phi) is 4.80. The summed E-state index contributed by atoms with van der Waals surface area (Å²) in [6.45, 7) is 7.91. The summed E-state index contributed by atoms with van der Waals surface area (Å²) in [5.74, 6) is 1.74. The number of hydrogen-bond donors (Lipinski definition) is 1. The van der Waals surface area contributed by atoms with Crippen LogP contribution in [0, 0.1) is 13.8 Å². The summed E-state index contributed by atoms with van der Waals surface area (Å²) in [7, 11) is 0. The first kappa shape index (κ1) is 15.9. The maximum atomic E-state index is 10.7. The fourth-order valence-corrected chi connectivity index (χ4v) is 3.75. The summed E-state index contributed by atoms with van der Waals surface area (Å²) in [4.78, 5) is 6.70. The number of aryl methyl sites for hydroxylation is 2. The van der Waals surface area contributed by atoms with E-state index in [0.717, 1.165) is 70.1 Å². The summed E-state index contributed by atoms with van der Waals surface area (Å²) in [6.07, 6.45) is 5.58. The van der Waals surface area contributed by atoms with Crippen molar-refractivity contribution in [3.63, 3.8) is 0 Å². The molecule has 0 radical (unpaired) electrons. The van der Waals surface area contributed by atoms with Crippen LogP contribution in [0.25, 0.3) is 0 Å². The molecular weight excluding hydrogens is 280 g/mol. The molecule has 1 saturated heterocycles. The molecule has 6 heteroatoms. The SMILES string of the molecule is Cc1nc(C)n(C[C@@H]2CN(CC3(O)CCCCC3)CCO2)n1. The second-order valence-corrected chi connectivity index (χ2v) is 6.90. The molecule has 124 valence electrons. The number of ether oxygens (including phenoxy) is 1. The van der Waals surface area contributed by atoms with Crippen molar-refractivity contribution in [1.82, 2.24) is 19.7 Å². The van der Waals surface area contributed by atoms with E-state index in [0.29, 0.717) is 0 Å². The summed E-state index contributed by atoms with van der Waals surface area (Å²) in [5.41, 5.74) is -0.486. The Hall–Kier alpha value is -0.980. The summed E-state index contributed by atoms with van der Waals surface area (Å²) in [6, 6.07) is 0. The zero-order valence-corrected chi connectivity index (χ0v) is 13.8. The van der Waals surface area contributed by atoms with Crippen molar-refractivity contribution >= 4 is 0 Å². The van der Waals surface area contributed by atoms with E-state index in [1.165, 1.54) is 6.42 Å². The van der Waals surface area contributed by atoms with Gasteiger partial charge in [0.1, 0.15) is 11.6 Å². The lowest BCUT2D eigenvalue weighted by molar-refractivity contribution is -0.0797. The van der Waals surface area contributed by atoms with Crippen molar-refractivity contribution in [1.29, 1.82) is 0 Å². The van der Waals surface area contributed by atoms with Crippen molar-refractivity contribution in [2.24, 2.45) is 0 Å². The Morgan fingerprint density at radius 3 is 2.73 bits per heavy atom. The topological polar surface area (TPSA) is 63.4 Å². The molecule has 2 aliphatic rings. The zero-order chi connectivity index (χ0) is 15.6. The van der Waals surface area contributed by atoms with Gasteiger partial charge in [-0.3, -0.25) is 4.90 Å². The van der Waals surface area contributed by atoms with E-state index in [9.17, 15) is 5.11 Å². The molecule has 0 spiro atoms. The molecule has 6 nitrogen and oxygen atoms in total. The maximum absolute atomic E-state index is 10.7. The van der Waals surface area contributed by atoms with Crippen molar-refractivity contribution in [3.8, 4) is 0 Å². The fourth-order valence-electron chi connectivity index (χ4n) is 3.75. The maximum Gasteiger partial charge on any atom is 0.147 e. The molecule has 1 aliphatic heterocycles. The van der Waals surface area contributed by atoms with E-state index >= 15 is 0 Å². The van der Waals surface area contributed by atoms with Crippen LogP contribution in [0.3, 0.4) is 0 Å². The van der Waals surface area contributed by atoms with Crippen LogP contribution in [0.1, 0.15) is 43.8 Å². The molecule has 0 aromatic carbocycles. The molecule has 2 heterocycles. The average molecular weight is 308 g/mol. The molecule has 0 bridgehead atoms. The third kappa shape index (κ3) is 3.86. The summed E-state index contributed by atoms with van der Waals surface area (Å²) in [5, 5.41) is 15.2. The molecule has 22 heavy (non-hydrogen) atoms. The molecule has 1 saturated carbocycles. The Balaban J connectivity index is 1.56. The fraction of sp³-hybridized carbons (Fsp3) is 0.875. The van der Waals surface area contributed by atoms with Crippen LogP contribution in [-0.4, -0.2) is 62.7 Å². The molecule has 0 unspecified atom stereocenters. The molecule has 1 aromatic rings. The van der Waals surface area contributed by atoms with E-state index in [-0.39, 0.29) is 6.10 Å². The van der Waals surface area contributed by atoms with Crippen LogP contribution in [0.15, 0.2) is 0 Å². The molecule has 1 aromatic heterocycles. The van der Waals surface area contributed by atoms with Crippen LogP contribution in [0.2, 0.25) is 0 Å². The van der Waals surface area contributed by atoms with Gasteiger partial charge < -0.3 is 9.84 Å². The smallest absolute Gasteiger partial charge is 0.147 e. The van der Waals surface area contributed by atoms with Crippen molar-refractivity contribution < 1.29 is 9.84 Å². The summed E-state index contributed by atoms with van der Waals surface area (Å²) >= 11 is 0. The lowest BCUT2D eigenvalue weighted by Crippen LogP contribution is -2.51. The number of β-amino-alcohol motifs (C(OH)–C–C–N with tert-alkyl or cyclic N) is 1. The third-order valence-electron chi connectivity index (χ3n) is 4.86. The third-order valence-corrected chi connectivity index (χ3v) is 4.86. The van der Waals surface area contributed by atoms with Crippen LogP contribution < -0.4 is 0 Å².